The van der Waals surface area contributed by atoms with Gasteiger partial charge < -0.3 is 5.11 Å². The lowest BCUT2D eigenvalue weighted by atomic mass is 9.97. The number of rotatable bonds is 7. The summed E-state index contributed by atoms with van der Waals surface area (Å²) in [6, 6.07) is 12.2. The van der Waals surface area contributed by atoms with Gasteiger partial charge in [-0.2, -0.15) is 26.0 Å². The van der Waals surface area contributed by atoms with E-state index in [1.54, 1.807) is 37.3 Å². The number of nitrogens with zero attached hydrogens (tertiary/aromatic N) is 5. The van der Waals surface area contributed by atoms with E-state index in [1.807, 2.05) is 4.90 Å². The first-order chi connectivity index (χ1) is 17.1. The zero-order valence-electron chi connectivity index (χ0n) is 19.6. The van der Waals surface area contributed by atoms with Gasteiger partial charge in [-0.1, -0.05) is 30.3 Å². The molecule has 0 amide bonds. The minimum Gasteiger partial charge on any atom is -0.395 e. The van der Waals surface area contributed by atoms with Crippen LogP contribution in [-0.2, 0) is 16.2 Å². The van der Waals surface area contributed by atoms with Gasteiger partial charge >= 0.3 is 6.18 Å². The van der Waals surface area contributed by atoms with Crippen LogP contribution in [0.3, 0.4) is 0 Å². The molecule has 1 saturated heterocycles. The Labute approximate surface area is 207 Å². The number of benzene rings is 1. The van der Waals surface area contributed by atoms with Gasteiger partial charge in [0.05, 0.1) is 12.2 Å². The number of anilines is 1. The largest absolute Gasteiger partial charge is 0.418 e. The molecular formula is C24H26F3N5O3S. The highest BCUT2D eigenvalue weighted by atomic mass is 32.2. The van der Waals surface area contributed by atoms with Crippen LogP contribution < -0.4 is 4.41 Å². The van der Waals surface area contributed by atoms with Crippen LogP contribution >= 0.6 is 0 Å². The monoisotopic (exact) mass is 521 g/mol. The summed E-state index contributed by atoms with van der Waals surface area (Å²) >= 11 is 0. The summed E-state index contributed by atoms with van der Waals surface area (Å²) in [5.41, 5.74) is -0.178. The van der Waals surface area contributed by atoms with E-state index in [0.29, 0.717) is 37.0 Å². The number of aliphatic hydroxyl groups is 1. The Kier molecular flexibility index (Phi) is 7.59. The van der Waals surface area contributed by atoms with Gasteiger partial charge in [0.2, 0.25) is 0 Å². The first-order valence-corrected chi connectivity index (χ1v) is 12.7. The molecule has 1 aliphatic heterocycles. The van der Waals surface area contributed by atoms with Crippen LogP contribution in [0, 0.1) is 6.92 Å². The van der Waals surface area contributed by atoms with Crippen LogP contribution in [0.1, 0.15) is 11.1 Å². The fourth-order valence-electron chi connectivity index (χ4n) is 4.17. The van der Waals surface area contributed by atoms with Gasteiger partial charge in [-0.25, -0.2) is 15.0 Å². The summed E-state index contributed by atoms with van der Waals surface area (Å²) in [7, 11) is -4.30. The molecule has 0 atom stereocenters. The normalized spacial score (nSPS) is 15.7. The number of sulfonamides is 1. The highest BCUT2D eigenvalue weighted by molar-refractivity contribution is 7.92. The maximum atomic E-state index is 13.9. The molecule has 0 spiro atoms. The molecule has 3 heterocycles. The second-order valence-corrected chi connectivity index (χ2v) is 10.0. The Balaban J connectivity index is 1.86. The van der Waals surface area contributed by atoms with Gasteiger partial charge in [-0.15, -0.1) is 0 Å². The quantitative estimate of drug-likeness (QED) is 0.511. The zero-order valence-corrected chi connectivity index (χ0v) is 20.4. The van der Waals surface area contributed by atoms with Gasteiger partial charge in [0, 0.05) is 45.1 Å². The Morgan fingerprint density at radius 2 is 1.69 bits per heavy atom. The van der Waals surface area contributed by atoms with E-state index < -0.39 is 21.8 Å². The lowest BCUT2D eigenvalue weighted by molar-refractivity contribution is -0.137. The second-order valence-electron chi connectivity index (χ2n) is 8.34. The lowest BCUT2D eigenvalue weighted by Gasteiger charge is -2.40. The summed E-state index contributed by atoms with van der Waals surface area (Å²) in [6.45, 7) is 3.54. The second kappa shape index (κ2) is 10.5. The molecule has 1 aliphatic rings. The maximum absolute atomic E-state index is 13.9. The van der Waals surface area contributed by atoms with Crippen LogP contribution in [0.5, 0.6) is 0 Å². The molecule has 1 fully saturated rings. The Morgan fingerprint density at radius 1 is 1.00 bits per heavy atom. The Hall–Kier alpha value is -3.06. The standard InChI is InChI=1S/C24H26F3N5O3S/c1-18-6-2-3-7-19(18)20-16-22(29-17-21(20)24(25,26)27)32(31-12-10-30(11-13-31)14-15-33)36(34,35)23-8-4-5-9-28-23/h2-9,16-17,33H,10-15H2,1H3. The van der Waals surface area contributed by atoms with Crippen molar-refractivity contribution in [3.63, 3.8) is 0 Å². The van der Waals surface area contributed by atoms with E-state index in [4.69, 9.17) is 0 Å². The topological polar surface area (TPSA) is 89.9 Å². The van der Waals surface area contributed by atoms with Crippen molar-refractivity contribution in [2.75, 3.05) is 43.7 Å². The average molecular weight is 522 g/mol. The average Bonchev–Trinajstić information content (AvgIpc) is 2.85. The highest BCUT2D eigenvalue weighted by Gasteiger charge is 2.38. The van der Waals surface area contributed by atoms with Crippen molar-refractivity contribution in [1.82, 2.24) is 19.9 Å². The van der Waals surface area contributed by atoms with Gasteiger partial charge in [0.25, 0.3) is 10.0 Å². The van der Waals surface area contributed by atoms with E-state index in [9.17, 15) is 26.7 Å². The van der Waals surface area contributed by atoms with Gasteiger partial charge in [0.15, 0.2) is 10.8 Å². The van der Waals surface area contributed by atoms with Crippen LogP contribution in [0.4, 0.5) is 19.0 Å². The first-order valence-electron chi connectivity index (χ1n) is 11.3. The fourth-order valence-corrected chi connectivity index (χ4v) is 5.60. The van der Waals surface area contributed by atoms with Crippen molar-refractivity contribution in [3.8, 4) is 11.1 Å². The molecule has 12 heteroatoms. The molecule has 4 rings (SSSR count). The summed E-state index contributed by atoms with van der Waals surface area (Å²) < 4.78 is 70.3. The third kappa shape index (κ3) is 5.36. The summed E-state index contributed by atoms with van der Waals surface area (Å²) in [5.74, 6) is -0.164. The van der Waals surface area contributed by atoms with Crippen molar-refractivity contribution in [2.45, 2.75) is 18.1 Å². The molecule has 0 bridgehead atoms. The number of hydrogen-bond acceptors (Lipinski definition) is 7. The molecule has 36 heavy (non-hydrogen) atoms. The van der Waals surface area contributed by atoms with Crippen LogP contribution in [0.2, 0.25) is 0 Å². The lowest BCUT2D eigenvalue weighted by Crippen LogP contribution is -2.56. The molecule has 8 nitrogen and oxygen atoms in total. The Morgan fingerprint density at radius 3 is 2.31 bits per heavy atom. The van der Waals surface area contributed by atoms with Gasteiger partial charge in [-0.05, 0) is 41.8 Å². The SMILES string of the molecule is Cc1ccccc1-c1cc(N(N2CCN(CCO)CC2)S(=O)(=O)c2ccccn2)ncc1C(F)(F)F. The molecule has 0 unspecified atom stereocenters. The van der Waals surface area contributed by atoms with Crippen LogP contribution in [-0.4, -0.2) is 72.7 Å². The number of aryl methyl sites for hydroxylation is 1. The molecule has 0 aliphatic carbocycles. The predicted octanol–water partition coefficient (Wildman–Crippen LogP) is 3.19. The first kappa shape index (κ1) is 26.0. The van der Waals surface area contributed by atoms with Crippen molar-refractivity contribution >= 4 is 15.8 Å². The number of piperazine rings is 1. The van der Waals surface area contributed by atoms with Crippen LogP contribution in [0.15, 0.2) is 66.0 Å². The number of hydrazine groups is 1. The van der Waals surface area contributed by atoms with Crippen molar-refractivity contribution in [3.05, 3.63) is 72.1 Å². The number of pyridine rings is 2. The molecule has 1 aromatic carbocycles. The van der Waals surface area contributed by atoms with Gasteiger partial charge in [-0.3, -0.25) is 4.90 Å². The van der Waals surface area contributed by atoms with E-state index in [0.717, 1.165) is 4.41 Å². The third-order valence-electron chi connectivity index (χ3n) is 5.98. The van der Waals surface area contributed by atoms with E-state index in [-0.39, 0.29) is 36.1 Å². The minimum atomic E-state index is -4.69. The number of halogens is 3. The molecular weight excluding hydrogens is 495 g/mol. The molecule has 1 N–H and O–H groups in total. The van der Waals surface area contributed by atoms with Crippen molar-refractivity contribution < 1.29 is 26.7 Å². The molecule has 0 saturated carbocycles. The van der Waals surface area contributed by atoms with Crippen molar-refractivity contribution in [2.24, 2.45) is 0 Å². The van der Waals surface area contributed by atoms with Crippen molar-refractivity contribution in [1.29, 1.82) is 0 Å². The molecule has 2 aromatic heterocycles. The number of aromatic nitrogens is 2. The van der Waals surface area contributed by atoms with E-state index in [1.165, 1.54) is 29.4 Å². The van der Waals surface area contributed by atoms with E-state index >= 15 is 0 Å². The minimum absolute atomic E-state index is 0.0316. The Bertz CT molecular complexity index is 1300. The predicted molar refractivity (Wildman–Crippen MR) is 128 cm³/mol. The molecule has 3 aromatic rings. The number of hydrogen-bond donors (Lipinski definition) is 1. The smallest absolute Gasteiger partial charge is 0.395 e. The summed E-state index contributed by atoms with van der Waals surface area (Å²) in [6.07, 6.45) is -2.67. The number of β-amino-alcohol motifs (C(OH)–C–C–N with tert-alkyl or cyclic N) is 1. The third-order valence-corrected chi connectivity index (χ3v) is 7.62. The maximum Gasteiger partial charge on any atom is 0.418 e. The molecule has 0 radical (unpaired) electrons. The highest BCUT2D eigenvalue weighted by Crippen LogP contribution is 2.40. The number of aliphatic hydroxyl groups excluding tert-OH is 1. The molecule has 192 valence electrons. The summed E-state index contributed by atoms with van der Waals surface area (Å²) in [5, 5.41) is 10.5. The fraction of sp³-hybridized carbons (Fsp3) is 0.333. The van der Waals surface area contributed by atoms with Gasteiger partial charge in [0.1, 0.15) is 0 Å². The number of alkyl halides is 3. The van der Waals surface area contributed by atoms with E-state index in [2.05, 4.69) is 9.97 Å². The van der Waals surface area contributed by atoms with Crippen LogP contribution in [0.25, 0.3) is 11.1 Å². The summed E-state index contributed by atoms with van der Waals surface area (Å²) in [4.78, 5) is 9.94. The zero-order chi connectivity index (χ0) is 25.9.